The van der Waals surface area contributed by atoms with Crippen LogP contribution >= 0.6 is 11.3 Å². The molecule has 112 valence electrons. The summed E-state index contributed by atoms with van der Waals surface area (Å²) in [5, 5.41) is 1.13. The summed E-state index contributed by atoms with van der Waals surface area (Å²) in [6.45, 7) is 7.52. The lowest BCUT2D eigenvalue weighted by molar-refractivity contribution is 0.171. The molecule has 0 radical (unpaired) electrons. The largest absolute Gasteiger partial charge is 0.454 e. The first-order chi connectivity index (χ1) is 10.1. The molecule has 1 atom stereocenters. The van der Waals surface area contributed by atoms with Gasteiger partial charge in [0.1, 0.15) is 0 Å². The van der Waals surface area contributed by atoms with Gasteiger partial charge in [-0.2, -0.15) is 0 Å². The predicted octanol–water partition coefficient (Wildman–Crippen LogP) is 3.68. The van der Waals surface area contributed by atoms with Gasteiger partial charge >= 0.3 is 0 Å². The van der Waals surface area contributed by atoms with Crippen LogP contribution in [0.1, 0.15) is 34.1 Å². The molecule has 0 saturated carbocycles. The van der Waals surface area contributed by atoms with Gasteiger partial charge in [0.15, 0.2) is 11.5 Å². The van der Waals surface area contributed by atoms with Gasteiger partial charge in [-0.1, -0.05) is 12.1 Å². The van der Waals surface area contributed by atoms with Gasteiger partial charge < -0.3 is 9.47 Å². The molecule has 1 aliphatic heterocycles. The van der Waals surface area contributed by atoms with Crippen LogP contribution in [0.4, 0.5) is 0 Å². The van der Waals surface area contributed by atoms with Crippen LogP contribution < -0.4 is 9.47 Å². The van der Waals surface area contributed by atoms with E-state index in [4.69, 9.17) is 9.47 Å². The molecule has 0 aliphatic carbocycles. The van der Waals surface area contributed by atoms with Crippen molar-refractivity contribution in [3.8, 4) is 11.5 Å². The quantitative estimate of drug-likeness (QED) is 0.863. The van der Waals surface area contributed by atoms with Crippen molar-refractivity contribution in [3.63, 3.8) is 0 Å². The van der Waals surface area contributed by atoms with Crippen molar-refractivity contribution in [2.24, 2.45) is 0 Å². The minimum atomic E-state index is 0.271. The van der Waals surface area contributed by atoms with Crippen LogP contribution in [0, 0.1) is 13.8 Å². The van der Waals surface area contributed by atoms with Crippen molar-refractivity contribution in [1.29, 1.82) is 0 Å². The van der Waals surface area contributed by atoms with Gasteiger partial charge in [0, 0.05) is 17.0 Å². The number of ether oxygens (including phenoxy) is 2. The number of aromatic nitrogens is 1. The van der Waals surface area contributed by atoms with Gasteiger partial charge in [-0.05, 0) is 33.9 Å². The number of aryl methyl sites for hydroxylation is 2. The average Bonchev–Trinajstić information content (AvgIpc) is 3.04. The molecule has 4 nitrogen and oxygen atoms in total. The first-order valence-electron chi connectivity index (χ1n) is 7.08. The molecule has 1 aromatic carbocycles. The summed E-state index contributed by atoms with van der Waals surface area (Å²) in [4.78, 5) is 8.25. The zero-order valence-electron chi connectivity index (χ0n) is 12.8. The summed E-state index contributed by atoms with van der Waals surface area (Å²) in [7, 11) is 2.12. The summed E-state index contributed by atoms with van der Waals surface area (Å²) in [5.74, 6) is 1.72. The standard InChI is InChI=1S/C16H20N2O2S/c1-10(15-11(2)21-12(3)17-15)18(4)8-13-6-5-7-14-16(13)20-9-19-14/h5-7,10H,8-9H2,1-4H3. The van der Waals surface area contributed by atoms with Crippen LogP contribution in [0.5, 0.6) is 11.5 Å². The van der Waals surface area contributed by atoms with Gasteiger partial charge in [-0.25, -0.2) is 4.98 Å². The highest BCUT2D eigenvalue weighted by Gasteiger charge is 2.22. The van der Waals surface area contributed by atoms with E-state index in [0.29, 0.717) is 6.79 Å². The SMILES string of the molecule is Cc1nc(C(C)N(C)Cc2cccc3c2OCO3)c(C)s1. The van der Waals surface area contributed by atoms with Crippen LogP contribution in [0.3, 0.4) is 0 Å². The Hall–Kier alpha value is -1.59. The van der Waals surface area contributed by atoms with Crippen molar-refractivity contribution < 1.29 is 9.47 Å². The normalized spacial score (nSPS) is 14.7. The second-order valence-corrected chi connectivity index (χ2v) is 6.82. The number of thiazole rings is 1. The molecular formula is C16H20N2O2S. The maximum absolute atomic E-state index is 5.58. The Kier molecular flexibility index (Phi) is 3.87. The van der Waals surface area contributed by atoms with Crippen molar-refractivity contribution in [3.05, 3.63) is 39.3 Å². The number of nitrogens with zero attached hydrogens (tertiary/aromatic N) is 2. The fourth-order valence-corrected chi connectivity index (χ4v) is 3.57. The number of para-hydroxylation sites is 1. The van der Waals surface area contributed by atoms with Gasteiger partial charge in [0.2, 0.25) is 6.79 Å². The third-order valence-electron chi connectivity index (χ3n) is 3.89. The molecule has 0 saturated heterocycles. The molecule has 0 amide bonds. The lowest BCUT2D eigenvalue weighted by atomic mass is 10.1. The summed E-state index contributed by atoms with van der Waals surface area (Å²) >= 11 is 1.76. The van der Waals surface area contributed by atoms with Crippen LogP contribution in [0.25, 0.3) is 0 Å². The Morgan fingerprint density at radius 2 is 2.14 bits per heavy atom. The van der Waals surface area contributed by atoms with Gasteiger partial charge in [0.25, 0.3) is 0 Å². The Morgan fingerprint density at radius 1 is 1.33 bits per heavy atom. The van der Waals surface area contributed by atoms with E-state index >= 15 is 0 Å². The average molecular weight is 304 g/mol. The number of hydrogen-bond acceptors (Lipinski definition) is 5. The molecule has 0 N–H and O–H groups in total. The fraction of sp³-hybridized carbons (Fsp3) is 0.438. The van der Waals surface area contributed by atoms with Crippen molar-refractivity contribution in [1.82, 2.24) is 9.88 Å². The summed E-state index contributed by atoms with van der Waals surface area (Å²) < 4.78 is 11.0. The van der Waals surface area contributed by atoms with E-state index < -0.39 is 0 Å². The molecule has 0 bridgehead atoms. The van der Waals surface area contributed by atoms with E-state index in [-0.39, 0.29) is 6.04 Å². The van der Waals surface area contributed by atoms with E-state index in [2.05, 4.69) is 43.8 Å². The lowest BCUT2D eigenvalue weighted by Crippen LogP contribution is -2.23. The minimum absolute atomic E-state index is 0.271. The molecule has 0 fully saturated rings. The van der Waals surface area contributed by atoms with Crippen LogP contribution in [0.2, 0.25) is 0 Å². The van der Waals surface area contributed by atoms with Crippen molar-refractivity contribution >= 4 is 11.3 Å². The number of fused-ring (bicyclic) bond motifs is 1. The van der Waals surface area contributed by atoms with E-state index in [1.807, 2.05) is 12.1 Å². The topological polar surface area (TPSA) is 34.6 Å². The van der Waals surface area contributed by atoms with Gasteiger partial charge in [-0.3, -0.25) is 4.90 Å². The summed E-state index contributed by atoms with van der Waals surface area (Å²) in [5.41, 5.74) is 2.33. The zero-order valence-corrected chi connectivity index (χ0v) is 13.7. The maximum Gasteiger partial charge on any atom is 0.231 e. The number of benzene rings is 1. The number of rotatable bonds is 4. The van der Waals surface area contributed by atoms with E-state index in [9.17, 15) is 0 Å². The molecule has 1 aliphatic rings. The third-order valence-corrected chi connectivity index (χ3v) is 4.80. The Bertz CT molecular complexity index is 654. The molecule has 1 aromatic heterocycles. The van der Waals surface area contributed by atoms with Crippen molar-refractivity contribution in [2.45, 2.75) is 33.4 Å². The highest BCUT2D eigenvalue weighted by molar-refractivity contribution is 7.11. The van der Waals surface area contributed by atoms with Gasteiger partial charge in [-0.15, -0.1) is 11.3 Å². The minimum Gasteiger partial charge on any atom is -0.454 e. The molecule has 1 unspecified atom stereocenters. The Balaban J connectivity index is 1.79. The summed E-state index contributed by atoms with van der Waals surface area (Å²) in [6.07, 6.45) is 0. The molecule has 21 heavy (non-hydrogen) atoms. The molecule has 3 rings (SSSR count). The number of hydrogen-bond donors (Lipinski definition) is 0. The summed E-state index contributed by atoms with van der Waals surface area (Å²) in [6, 6.07) is 6.33. The molecule has 2 heterocycles. The molecule has 0 spiro atoms. The first-order valence-corrected chi connectivity index (χ1v) is 7.89. The monoisotopic (exact) mass is 304 g/mol. The molecular weight excluding hydrogens is 284 g/mol. The van der Waals surface area contributed by atoms with Crippen LogP contribution in [0.15, 0.2) is 18.2 Å². The lowest BCUT2D eigenvalue weighted by Gasteiger charge is -2.24. The highest BCUT2D eigenvalue weighted by Crippen LogP contribution is 2.37. The van der Waals surface area contributed by atoms with E-state index in [1.54, 1.807) is 11.3 Å². The second-order valence-electron chi connectivity index (χ2n) is 5.42. The molecule has 5 heteroatoms. The third kappa shape index (κ3) is 2.76. The predicted molar refractivity (Wildman–Crippen MR) is 84.0 cm³/mol. The fourth-order valence-electron chi connectivity index (χ4n) is 2.66. The Morgan fingerprint density at radius 3 is 2.86 bits per heavy atom. The first kappa shape index (κ1) is 14.4. The smallest absolute Gasteiger partial charge is 0.231 e. The zero-order chi connectivity index (χ0) is 15.0. The van der Waals surface area contributed by atoms with Crippen LogP contribution in [-0.4, -0.2) is 23.7 Å². The van der Waals surface area contributed by atoms with Gasteiger partial charge in [0.05, 0.1) is 16.7 Å². The van der Waals surface area contributed by atoms with E-state index in [1.165, 1.54) is 10.6 Å². The highest BCUT2D eigenvalue weighted by atomic mass is 32.1. The second kappa shape index (κ2) is 5.66. The van der Waals surface area contributed by atoms with Crippen molar-refractivity contribution in [2.75, 3.05) is 13.8 Å². The maximum atomic E-state index is 5.58. The van der Waals surface area contributed by atoms with Crippen LogP contribution in [-0.2, 0) is 6.54 Å². The Labute approximate surface area is 129 Å². The molecule has 2 aromatic rings. The van der Waals surface area contributed by atoms with E-state index in [0.717, 1.165) is 28.6 Å².